The first-order valence-corrected chi connectivity index (χ1v) is 9.27. The molecule has 0 aliphatic rings. The van der Waals surface area contributed by atoms with E-state index < -0.39 is 0 Å². The molecule has 4 aromatic rings. The van der Waals surface area contributed by atoms with Crippen LogP contribution in [0.5, 0.6) is 0 Å². The van der Waals surface area contributed by atoms with Crippen LogP contribution in [0.4, 0.5) is 5.69 Å². The van der Waals surface area contributed by atoms with Crippen LogP contribution in [0.3, 0.4) is 0 Å². The summed E-state index contributed by atoms with van der Waals surface area (Å²) in [7, 11) is 1.80. The number of nitrogens with one attached hydrogen (secondary N) is 2. The number of hydrogen-bond acceptors (Lipinski definition) is 3. The van der Waals surface area contributed by atoms with Gasteiger partial charge in [-0.05, 0) is 35.9 Å². The lowest BCUT2D eigenvalue weighted by atomic mass is 10.1. The fraction of sp³-hybridized carbons (Fsp3) is 0.0870. The molecule has 0 spiro atoms. The predicted octanol–water partition coefficient (Wildman–Crippen LogP) is 3.76. The highest BCUT2D eigenvalue weighted by molar-refractivity contribution is 6.04. The molecule has 0 saturated carbocycles. The Balaban J connectivity index is 1.47. The van der Waals surface area contributed by atoms with Gasteiger partial charge in [0.05, 0.1) is 11.0 Å². The number of amides is 2. The van der Waals surface area contributed by atoms with E-state index in [1.54, 1.807) is 35.9 Å². The molecule has 2 amide bonds. The molecule has 0 radical (unpaired) electrons. The second-order valence-electron chi connectivity index (χ2n) is 6.69. The second-order valence-corrected chi connectivity index (χ2v) is 6.69. The van der Waals surface area contributed by atoms with Crippen molar-refractivity contribution in [1.82, 2.24) is 14.9 Å². The topological polar surface area (TPSA) is 76.0 Å². The maximum Gasteiger partial charge on any atom is 0.291 e. The van der Waals surface area contributed by atoms with Crippen molar-refractivity contribution in [3.63, 3.8) is 0 Å². The van der Waals surface area contributed by atoms with Gasteiger partial charge in [-0.15, -0.1) is 0 Å². The third-order valence-electron chi connectivity index (χ3n) is 4.67. The summed E-state index contributed by atoms with van der Waals surface area (Å²) in [6, 6.07) is 24.1. The molecule has 3 aromatic carbocycles. The molecule has 0 bridgehead atoms. The smallest absolute Gasteiger partial charge is 0.291 e. The van der Waals surface area contributed by atoms with Gasteiger partial charge in [0.1, 0.15) is 0 Å². The monoisotopic (exact) mass is 384 g/mol. The Morgan fingerprint density at radius 2 is 1.66 bits per heavy atom. The van der Waals surface area contributed by atoms with E-state index in [4.69, 9.17) is 0 Å². The molecular formula is C23H20N4O2. The average Bonchev–Trinajstić information content (AvgIpc) is 3.10. The standard InChI is InChI=1S/C23H20N4O2/c1-27-20-13-6-5-12-19(20)26-21(27)23(29)25-18-11-7-10-17(14-18)22(28)24-15-16-8-3-2-4-9-16/h2-14H,15H2,1H3,(H,24,28)(H,25,29). The maximum absolute atomic E-state index is 12.7. The molecule has 1 heterocycles. The van der Waals surface area contributed by atoms with Gasteiger partial charge in [-0.2, -0.15) is 0 Å². The number of imidazole rings is 1. The van der Waals surface area contributed by atoms with Crippen LogP contribution < -0.4 is 10.6 Å². The number of hydrogen-bond donors (Lipinski definition) is 2. The lowest BCUT2D eigenvalue weighted by Crippen LogP contribution is -2.23. The molecule has 0 unspecified atom stereocenters. The average molecular weight is 384 g/mol. The third-order valence-corrected chi connectivity index (χ3v) is 4.67. The van der Waals surface area contributed by atoms with Gasteiger partial charge in [0.15, 0.2) is 5.82 Å². The van der Waals surface area contributed by atoms with Crippen molar-refractivity contribution < 1.29 is 9.59 Å². The number of carbonyl (C=O) groups is 2. The Hall–Kier alpha value is -3.93. The molecule has 4 rings (SSSR count). The van der Waals surface area contributed by atoms with E-state index >= 15 is 0 Å². The minimum atomic E-state index is -0.328. The van der Waals surface area contributed by atoms with Crippen molar-refractivity contribution in [2.45, 2.75) is 6.54 Å². The Morgan fingerprint density at radius 3 is 2.45 bits per heavy atom. The van der Waals surface area contributed by atoms with E-state index in [0.29, 0.717) is 23.6 Å². The van der Waals surface area contributed by atoms with Crippen molar-refractivity contribution in [1.29, 1.82) is 0 Å². The second kappa shape index (κ2) is 7.98. The van der Waals surface area contributed by atoms with Gasteiger partial charge < -0.3 is 15.2 Å². The molecule has 29 heavy (non-hydrogen) atoms. The quantitative estimate of drug-likeness (QED) is 0.550. The Bertz CT molecular complexity index is 1180. The molecule has 0 aliphatic carbocycles. The first-order chi connectivity index (χ1) is 14.1. The van der Waals surface area contributed by atoms with E-state index in [1.807, 2.05) is 54.6 Å². The number of para-hydroxylation sites is 2. The van der Waals surface area contributed by atoms with Crippen molar-refractivity contribution >= 4 is 28.5 Å². The van der Waals surface area contributed by atoms with Crippen LogP contribution in [0, 0.1) is 0 Å². The first-order valence-electron chi connectivity index (χ1n) is 9.27. The van der Waals surface area contributed by atoms with E-state index in [2.05, 4.69) is 15.6 Å². The zero-order chi connectivity index (χ0) is 20.2. The van der Waals surface area contributed by atoms with E-state index in [-0.39, 0.29) is 11.8 Å². The SMILES string of the molecule is Cn1c(C(=O)Nc2cccc(C(=O)NCc3ccccc3)c2)nc2ccccc21. The molecule has 144 valence electrons. The van der Waals surface area contributed by atoms with E-state index in [1.165, 1.54) is 0 Å². The van der Waals surface area contributed by atoms with Crippen molar-refractivity contribution in [3.8, 4) is 0 Å². The van der Waals surface area contributed by atoms with Gasteiger partial charge in [0.25, 0.3) is 11.8 Å². The Labute approximate surface area is 168 Å². The summed E-state index contributed by atoms with van der Waals surface area (Å²) in [6.45, 7) is 0.441. The molecule has 0 saturated heterocycles. The summed E-state index contributed by atoms with van der Waals surface area (Å²) >= 11 is 0. The highest BCUT2D eigenvalue weighted by atomic mass is 16.2. The zero-order valence-corrected chi connectivity index (χ0v) is 15.9. The van der Waals surface area contributed by atoms with Gasteiger partial charge in [-0.3, -0.25) is 9.59 Å². The van der Waals surface area contributed by atoms with Crippen LogP contribution >= 0.6 is 0 Å². The number of aromatic nitrogens is 2. The van der Waals surface area contributed by atoms with Crippen molar-refractivity contribution in [3.05, 3.63) is 95.8 Å². The molecular weight excluding hydrogens is 364 g/mol. The van der Waals surface area contributed by atoms with Gasteiger partial charge in [-0.1, -0.05) is 48.5 Å². The lowest BCUT2D eigenvalue weighted by Gasteiger charge is -2.09. The van der Waals surface area contributed by atoms with Crippen LogP contribution in [-0.4, -0.2) is 21.4 Å². The fourth-order valence-electron chi connectivity index (χ4n) is 3.15. The van der Waals surface area contributed by atoms with Crippen LogP contribution in [0.1, 0.15) is 26.5 Å². The zero-order valence-electron chi connectivity index (χ0n) is 15.9. The summed E-state index contributed by atoms with van der Waals surface area (Å²) in [5.41, 5.74) is 3.67. The van der Waals surface area contributed by atoms with Crippen molar-refractivity contribution in [2.75, 3.05) is 5.32 Å². The Morgan fingerprint density at radius 1 is 0.897 bits per heavy atom. The van der Waals surface area contributed by atoms with Gasteiger partial charge in [-0.25, -0.2) is 4.98 Å². The lowest BCUT2D eigenvalue weighted by molar-refractivity contribution is 0.0949. The van der Waals surface area contributed by atoms with Crippen LogP contribution in [0.2, 0.25) is 0 Å². The van der Waals surface area contributed by atoms with Crippen molar-refractivity contribution in [2.24, 2.45) is 7.05 Å². The summed E-state index contributed by atoms with van der Waals surface area (Å²) < 4.78 is 1.75. The summed E-state index contributed by atoms with van der Waals surface area (Å²) in [5, 5.41) is 5.71. The van der Waals surface area contributed by atoms with Gasteiger partial charge in [0.2, 0.25) is 0 Å². The molecule has 0 fully saturated rings. The minimum Gasteiger partial charge on any atom is -0.348 e. The highest BCUT2D eigenvalue weighted by Crippen LogP contribution is 2.17. The molecule has 0 atom stereocenters. The normalized spacial score (nSPS) is 10.7. The molecule has 0 aliphatic heterocycles. The number of carbonyl (C=O) groups excluding carboxylic acids is 2. The Kier molecular flexibility index (Phi) is 5.07. The van der Waals surface area contributed by atoms with Gasteiger partial charge >= 0.3 is 0 Å². The van der Waals surface area contributed by atoms with Gasteiger partial charge in [0, 0.05) is 24.8 Å². The minimum absolute atomic E-state index is 0.201. The van der Waals surface area contributed by atoms with E-state index in [9.17, 15) is 9.59 Å². The largest absolute Gasteiger partial charge is 0.348 e. The van der Waals surface area contributed by atoms with E-state index in [0.717, 1.165) is 16.6 Å². The molecule has 6 heteroatoms. The predicted molar refractivity (Wildman–Crippen MR) is 113 cm³/mol. The summed E-state index contributed by atoms with van der Waals surface area (Å²) in [5.74, 6) is -0.219. The first kappa shape index (κ1) is 18.4. The maximum atomic E-state index is 12.7. The van der Waals surface area contributed by atoms with Crippen LogP contribution in [0.15, 0.2) is 78.9 Å². The third kappa shape index (κ3) is 4.01. The number of fused-ring (bicyclic) bond motifs is 1. The van der Waals surface area contributed by atoms with Crippen LogP contribution in [-0.2, 0) is 13.6 Å². The number of anilines is 1. The number of aryl methyl sites for hydroxylation is 1. The highest BCUT2D eigenvalue weighted by Gasteiger charge is 2.16. The number of rotatable bonds is 5. The molecule has 6 nitrogen and oxygen atoms in total. The fourth-order valence-corrected chi connectivity index (χ4v) is 3.15. The molecule has 1 aromatic heterocycles. The summed E-state index contributed by atoms with van der Waals surface area (Å²) in [6.07, 6.45) is 0. The van der Waals surface area contributed by atoms with Crippen LogP contribution in [0.25, 0.3) is 11.0 Å². The molecule has 2 N–H and O–H groups in total. The number of nitrogens with zero attached hydrogens (tertiary/aromatic N) is 2. The summed E-state index contributed by atoms with van der Waals surface area (Å²) in [4.78, 5) is 29.6. The number of benzene rings is 3.